The summed E-state index contributed by atoms with van der Waals surface area (Å²) in [5.41, 5.74) is 0.162. The minimum atomic E-state index is -1.14. The predicted molar refractivity (Wildman–Crippen MR) is 79.2 cm³/mol. The quantitative estimate of drug-likeness (QED) is 0.783. The van der Waals surface area contributed by atoms with Crippen LogP contribution in [0, 0.1) is 5.92 Å². The Morgan fingerprint density at radius 2 is 1.90 bits per heavy atom. The second kappa shape index (κ2) is 6.62. The van der Waals surface area contributed by atoms with Crippen LogP contribution in [0.15, 0.2) is 12.1 Å². The van der Waals surface area contributed by atoms with Crippen molar-refractivity contribution >= 4 is 40.8 Å². The zero-order chi connectivity index (χ0) is 15.6. The molecule has 1 amide bonds. The van der Waals surface area contributed by atoms with Crippen LogP contribution in [0.4, 0.5) is 5.69 Å². The van der Waals surface area contributed by atoms with E-state index >= 15 is 0 Å². The number of carboxylic acid groups (broad SMARTS) is 1. The fraction of sp³-hybridized carbons (Fsp3) is 0.385. The number of carboxylic acids is 1. The number of aromatic carboxylic acids is 1. The molecule has 0 radical (unpaired) electrons. The Bertz CT molecular complexity index is 556. The van der Waals surface area contributed by atoms with E-state index in [-0.39, 0.29) is 39.2 Å². The van der Waals surface area contributed by atoms with Crippen LogP contribution in [0.1, 0.15) is 10.4 Å². The standard InChI is InChI=1S/C13H14Cl2N2O4/c1-16-10-5-21-4-7(10)12(18)17-11-8(14)2-6(13(19)20)3-9(11)15/h2-3,7,10,16H,4-5H2,1H3,(H,17,18)(H,19,20). The van der Waals surface area contributed by atoms with Crippen LogP contribution >= 0.6 is 23.2 Å². The molecule has 2 unspecified atom stereocenters. The van der Waals surface area contributed by atoms with Gasteiger partial charge in [0.05, 0.1) is 40.4 Å². The first-order valence-electron chi connectivity index (χ1n) is 6.22. The number of amides is 1. The third-order valence-electron chi connectivity index (χ3n) is 3.33. The monoisotopic (exact) mass is 332 g/mol. The van der Waals surface area contributed by atoms with Gasteiger partial charge in [0.15, 0.2) is 0 Å². The molecule has 1 aromatic rings. The molecular formula is C13H14Cl2N2O4. The summed E-state index contributed by atoms with van der Waals surface area (Å²) < 4.78 is 5.26. The normalized spacial score (nSPS) is 21.3. The van der Waals surface area contributed by atoms with Crippen molar-refractivity contribution in [2.75, 3.05) is 25.6 Å². The van der Waals surface area contributed by atoms with Gasteiger partial charge in [0, 0.05) is 6.04 Å². The van der Waals surface area contributed by atoms with Crippen molar-refractivity contribution in [1.29, 1.82) is 0 Å². The molecule has 1 aromatic carbocycles. The van der Waals surface area contributed by atoms with Crippen molar-refractivity contribution in [2.24, 2.45) is 5.92 Å². The molecule has 21 heavy (non-hydrogen) atoms. The second-order valence-electron chi connectivity index (χ2n) is 4.65. The molecule has 1 aliphatic rings. The minimum absolute atomic E-state index is 0.0414. The van der Waals surface area contributed by atoms with E-state index in [2.05, 4.69) is 10.6 Å². The predicted octanol–water partition coefficient (Wildman–Crippen LogP) is 1.86. The molecule has 3 N–H and O–H groups in total. The van der Waals surface area contributed by atoms with Gasteiger partial charge in [-0.15, -0.1) is 0 Å². The van der Waals surface area contributed by atoms with Gasteiger partial charge in [-0.25, -0.2) is 4.79 Å². The van der Waals surface area contributed by atoms with Crippen LogP contribution in [-0.2, 0) is 9.53 Å². The lowest BCUT2D eigenvalue weighted by Gasteiger charge is -2.17. The fourth-order valence-electron chi connectivity index (χ4n) is 2.13. The van der Waals surface area contributed by atoms with E-state index < -0.39 is 5.97 Å². The average molecular weight is 333 g/mol. The summed E-state index contributed by atoms with van der Waals surface area (Å²) in [7, 11) is 1.75. The van der Waals surface area contributed by atoms with E-state index in [1.807, 2.05) is 0 Å². The molecule has 6 nitrogen and oxygen atoms in total. The molecule has 0 aromatic heterocycles. The minimum Gasteiger partial charge on any atom is -0.478 e. The maximum absolute atomic E-state index is 12.2. The highest BCUT2D eigenvalue weighted by Gasteiger charge is 2.33. The first kappa shape index (κ1) is 16.0. The molecule has 1 heterocycles. The van der Waals surface area contributed by atoms with Gasteiger partial charge >= 0.3 is 5.97 Å². The number of hydrogen-bond donors (Lipinski definition) is 3. The number of halogens is 2. The Kier molecular flexibility index (Phi) is 5.05. The van der Waals surface area contributed by atoms with E-state index in [0.717, 1.165) is 0 Å². The number of rotatable bonds is 4. The van der Waals surface area contributed by atoms with E-state index in [4.69, 9.17) is 33.0 Å². The maximum atomic E-state index is 12.2. The van der Waals surface area contributed by atoms with Gasteiger partial charge in [-0.05, 0) is 19.2 Å². The van der Waals surface area contributed by atoms with Gasteiger partial charge in [0.1, 0.15) is 0 Å². The largest absolute Gasteiger partial charge is 0.478 e. The van der Waals surface area contributed by atoms with Crippen LogP contribution < -0.4 is 10.6 Å². The highest BCUT2D eigenvalue weighted by atomic mass is 35.5. The number of hydrogen-bond acceptors (Lipinski definition) is 4. The molecule has 1 fully saturated rings. The van der Waals surface area contributed by atoms with Gasteiger partial charge in [-0.2, -0.15) is 0 Å². The molecule has 2 rings (SSSR count). The van der Waals surface area contributed by atoms with Crippen LogP contribution in [-0.4, -0.2) is 43.3 Å². The van der Waals surface area contributed by atoms with Gasteiger partial charge in [0.25, 0.3) is 0 Å². The first-order valence-corrected chi connectivity index (χ1v) is 6.97. The van der Waals surface area contributed by atoms with Crippen LogP contribution in [0.3, 0.4) is 0 Å². The number of nitrogens with one attached hydrogen (secondary N) is 2. The number of likely N-dealkylation sites (N-methyl/N-ethyl adjacent to an activating group) is 1. The smallest absolute Gasteiger partial charge is 0.335 e. The third kappa shape index (κ3) is 3.47. The molecule has 8 heteroatoms. The number of carbonyl (C=O) groups excluding carboxylic acids is 1. The van der Waals surface area contributed by atoms with Crippen LogP contribution in [0.5, 0.6) is 0 Å². The Morgan fingerprint density at radius 3 is 2.43 bits per heavy atom. The number of anilines is 1. The van der Waals surface area contributed by atoms with E-state index in [1.54, 1.807) is 7.05 Å². The lowest BCUT2D eigenvalue weighted by molar-refractivity contribution is -0.120. The summed E-state index contributed by atoms with van der Waals surface area (Å²) in [4.78, 5) is 23.1. The Balaban J connectivity index is 2.20. The molecule has 0 spiro atoms. The number of carbonyl (C=O) groups is 2. The summed E-state index contributed by atoms with van der Waals surface area (Å²) in [6, 6.07) is 2.40. The molecule has 2 atom stereocenters. The van der Waals surface area contributed by atoms with Crippen LogP contribution in [0.2, 0.25) is 10.0 Å². The van der Waals surface area contributed by atoms with E-state index in [9.17, 15) is 9.59 Å². The zero-order valence-electron chi connectivity index (χ0n) is 11.2. The van der Waals surface area contributed by atoms with Crippen molar-refractivity contribution < 1.29 is 19.4 Å². The van der Waals surface area contributed by atoms with Crippen LogP contribution in [0.25, 0.3) is 0 Å². The number of benzene rings is 1. The Hall–Kier alpha value is -1.34. The lowest BCUT2D eigenvalue weighted by atomic mass is 10.0. The fourth-order valence-corrected chi connectivity index (χ4v) is 2.71. The second-order valence-corrected chi connectivity index (χ2v) is 5.46. The average Bonchev–Trinajstić information content (AvgIpc) is 2.90. The molecule has 114 valence electrons. The van der Waals surface area contributed by atoms with Crippen molar-refractivity contribution in [3.05, 3.63) is 27.7 Å². The SMILES string of the molecule is CNC1COCC1C(=O)Nc1c(Cl)cc(C(=O)O)cc1Cl. The summed E-state index contributed by atoms with van der Waals surface area (Å²) in [6.07, 6.45) is 0. The Labute approximate surface area is 131 Å². The molecule has 1 aliphatic heterocycles. The van der Waals surface area contributed by atoms with Gasteiger partial charge in [0.2, 0.25) is 5.91 Å². The summed E-state index contributed by atoms with van der Waals surface area (Å²) in [5, 5.41) is 14.7. The maximum Gasteiger partial charge on any atom is 0.335 e. The van der Waals surface area contributed by atoms with E-state index in [0.29, 0.717) is 13.2 Å². The summed E-state index contributed by atoms with van der Waals surface area (Å²) >= 11 is 12.0. The third-order valence-corrected chi connectivity index (χ3v) is 3.92. The highest BCUT2D eigenvalue weighted by molar-refractivity contribution is 6.40. The van der Waals surface area contributed by atoms with Crippen molar-refractivity contribution in [3.63, 3.8) is 0 Å². The van der Waals surface area contributed by atoms with Crippen molar-refractivity contribution in [2.45, 2.75) is 6.04 Å². The van der Waals surface area contributed by atoms with Gasteiger partial charge in [-0.1, -0.05) is 23.2 Å². The molecule has 0 bridgehead atoms. The molecular weight excluding hydrogens is 319 g/mol. The lowest BCUT2D eigenvalue weighted by Crippen LogP contribution is -2.39. The Morgan fingerprint density at radius 1 is 1.29 bits per heavy atom. The molecule has 0 aliphatic carbocycles. The molecule has 1 saturated heterocycles. The first-order chi connectivity index (χ1) is 9.93. The van der Waals surface area contributed by atoms with Crippen molar-refractivity contribution in [3.8, 4) is 0 Å². The summed E-state index contributed by atoms with van der Waals surface area (Å²) in [5.74, 6) is -1.78. The molecule has 0 saturated carbocycles. The van der Waals surface area contributed by atoms with E-state index in [1.165, 1.54) is 12.1 Å². The van der Waals surface area contributed by atoms with Gasteiger partial charge in [-0.3, -0.25) is 4.79 Å². The zero-order valence-corrected chi connectivity index (χ0v) is 12.7. The topological polar surface area (TPSA) is 87.7 Å². The van der Waals surface area contributed by atoms with Crippen molar-refractivity contribution in [1.82, 2.24) is 5.32 Å². The number of ether oxygens (including phenoxy) is 1. The highest BCUT2D eigenvalue weighted by Crippen LogP contribution is 2.32. The van der Waals surface area contributed by atoms with Gasteiger partial charge < -0.3 is 20.5 Å². The summed E-state index contributed by atoms with van der Waals surface area (Å²) in [6.45, 7) is 0.758.